The van der Waals surface area contributed by atoms with Gasteiger partial charge in [0.2, 0.25) is 0 Å². The van der Waals surface area contributed by atoms with Crippen LogP contribution in [0.5, 0.6) is 0 Å². The minimum absolute atomic E-state index is 0.0721. The Morgan fingerprint density at radius 2 is 1.96 bits per heavy atom. The summed E-state index contributed by atoms with van der Waals surface area (Å²) in [6.07, 6.45) is 4.49. The molecule has 4 aliphatic rings. The molecule has 3 saturated heterocycles. The molecule has 142 valence electrons. The molecule has 1 saturated carbocycles. The number of nitrogens with zero attached hydrogens (tertiary/aromatic N) is 3. The molecule has 27 heavy (non-hydrogen) atoms. The second-order valence-electron chi connectivity index (χ2n) is 8.19. The zero-order valence-electron chi connectivity index (χ0n) is 15.6. The third-order valence-electron chi connectivity index (χ3n) is 6.25. The Morgan fingerprint density at radius 1 is 1.19 bits per heavy atom. The summed E-state index contributed by atoms with van der Waals surface area (Å²) >= 11 is -0.761. The summed E-state index contributed by atoms with van der Waals surface area (Å²) in [6, 6.07) is 6.30. The molecule has 4 fully saturated rings. The number of carbonyl (C=O) groups excluding carboxylic acids is 2. The van der Waals surface area contributed by atoms with Gasteiger partial charge >= 0.3 is 165 Å². The van der Waals surface area contributed by atoms with Crippen LogP contribution in [-0.4, -0.2) is 66.6 Å². The minimum atomic E-state index is -0.761. The van der Waals surface area contributed by atoms with Crippen LogP contribution in [0.3, 0.4) is 0 Å². The molecule has 1 amide bonds. The number of rotatable bonds is 5. The Bertz CT molecular complexity index is 912. The Balaban J connectivity index is 1.36. The molecule has 0 spiro atoms. The van der Waals surface area contributed by atoms with Crippen molar-refractivity contribution in [2.24, 2.45) is 18.9 Å². The average Bonchev–Trinajstić information content (AvgIpc) is 3.48. The molecule has 7 heteroatoms. The Morgan fingerprint density at radius 3 is 2.63 bits per heavy atom. The molecule has 6 nitrogen and oxygen atoms in total. The van der Waals surface area contributed by atoms with E-state index in [1.807, 2.05) is 19.2 Å². The summed E-state index contributed by atoms with van der Waals surface area (Å²) in [6.45, 7) is 3.28. The third-order valence-corrected chi connectivity index (χ3v) is 8.89. The van der Waals surface area contributed by atoms with Crippen LogP contribution in [0, 0.1) is 11.8 Å². The normalized spacial score (nSPS) is 27.5. The number of aryl methyl sites for hydroxylation is 1. The van der Waals surface area contributed by atoms with Crippen LogP contribution in [0.25, 0.3) is 10.9 Å². The van der Waals surface area contributed by atoms with E-state index in [1.165, 1.54) is 12.8 Å². The van der Waals surface area contributed by atoms with Gasteiger partial charge in [-0.25, -0.2) is 0 Å². The predicted octanol–water partition coefficient (Wildman–Crippen LogP) is 0.396. The summed E-state index contributed by atoms with van der Waals surface area (Å²) in [7, 11) is 1.87. The Hall–Kier alpha value is -1.65. The van der Waals surface area contributed by atoms with Gasteiger partial charge in [-0.05, 0) is 0 Å². The number of nitrogens with one attached hydrogen (secondary N) is 1. The van der Waals surface area contributed by atoms with Crippen LogP contribution >= 0.6 is 0 Å². The third kappa shape index (κ3) is 3.34. The SMILES string of the molecule is Cn1nc(C(=O)NC2CN3CCC2CC3)c2ccc([AsH]C(=O)C3CC3)cc21. The Kier molecular flexibility index (Phi) is 4.36. The second-order valence-corrected chi connectivity index (χ2v) is 11.0. The quantitative estimate of drug-likeness (QED) is 0.701. The number of carbonyl (C=O) groups is 2. The molecule has 3 aliphatic heterocycles. The summed E-state index contributed by atoms with van der Waals surface area (Å²) in [5.74, 6) is 0.853. The Labute approximate surface area is 165 Å². The maximum absolute atomic E-state index is 12.9. The van der Waals surface area contributed by atoms with Gasteiger partial charge in [-0.3, -0.25) is 0 Å². The van der Waals surface area contributed by atoms with Crippen molar-refractivity contribution in [3.05, 3.63) is 23.9 Å². The van der Waals surface area contributed by atoms with Gasteiger partial charge in [0.05, 0.1) is 0 Å². The van der Waals surface area contributed by atoms with Crippen LogP contribution in [-0.2, 0) is 11.8 Å². The van der Waals surface area contributed by atoms with Crippen molar-refractivity contribution in [1.29, 1.82) is 0 Å². The predicted molar refractivity (Wildman–Crippen MR) is 106 cm³/mol. The van der Waals surface area contributed by atoms with Crippen molar-refractivity contribution < 1.29 is 9.59 Å². The van der Waals surface area contributed by atoms with Crippen LogP contribution in [0.2, 0.25) is 0 Å². The molecule has 1 aliphatic carbocycles. The van der Waals surface area contributed by atoms with E-state index >= 15 is 0 Å². The summed E-state index contributed by atoms with van der Waals surface area (Å²) in [4.78, 5) is 27.5. The monoisotopic (exact) mass is 428 g/mol. The van der Waals surface area contributed by atoms with E-state index in [1.54, 1.807) is 4.68 Å². The van der Waals surface area contributed by atoms with Crippen LogP contribution in [0.4, 0.5) is 0 Å². The molecule has 4 heterocycles. The molecule has 2 unspecified atom stereocenters. The van der Waals surface area contributed by atoms with Crippen molar-refractivity contribution in [1.82, 2.24) is 20.0 Å². The van der Waals surface area contributed by atoms with Crippen molar-refractivity contribution in [3.8, 4) is 0 Å². The first-order chi connectivity index (χ1) is 13.1. The van der Waals surface area contributed by atoms with E-state index in [0.29, 0.717) is 22.1 Å². The number of hydrogen-bond donors (Lipinski definition) is 1. The fourth-order valence-corrected chi connectivity index (χ4v) is 6.88. The zero-order valence-corrected chi connectivity index (χ0v) is 17.7. The summed E-state index contributed by atoms with van der Waals surface area (Å²) < 4.78 is 3.36. The van der Waals surface area contributed by atoms with Gasteiger partial charge in [0.15, 0.2) is 0 Å². The van der Waals surface area contributed by atoms with Gasteiger partial charge in [0.25, 0.3) is 0 Å². The van der Waals surface area contributed by atoms with Crippen molar-refractivity contribution in [3.63, 3.8) is 0 Å². The second kappa shape index (κ2) is 6.75. The van der Waals surface area contributed by atoms with Gasteiger partial charge in [-0.15, -0.1) is 0 Å². The first-order valence-electron chi connectivity index (χ1n) is 9.89. The van der Waals surface area contributed by atoms with Gasteiger partial charge < -0.3 is 0 Å². The zero-order chi connectivity index (χ0) is 18.5. The number of amides is 1. The van der Waals surface area contributed by atoms with Crippen LogP contribution < -0.4 is 9.67 Å². The van der Waals surface area contributed by atoms with E-state index in [0.717, 1.165) is 47.7 Å². The molecular weight excluding hydrogens is 403 g/mol. The molecule has 6 rings (SSSR count). The van der Waals surface area contributed by atoms with Gasteiger partial charge in [0, 0.05) is 0 Å². The van der Waals surface area contributed by atoms with Gasteiger partial charge in [-0.1, -0.05) is 0 Å². The standard InChI is InChI=1S/C20H25AsN4O2/c1-24-17-10-14(21-19(26)13-2-3-13)4-5-15(17)18(23-24)20(27)22-16-11-25-8-6-12(16)7-9-25/h4-5,10,12-13,16,21H,2-3,6-9,11H2,1H3,(H,22,27). The molecule has 1 N–H and O–H groups in total. The number of aromatic nitrogens is 2. The van der Waals surface area contributed by atoms with Crippen molar-refractivity contribution in [2.75, 3.05) is 19.6 Å². The summed E-state index contributed by atoms with van der Waals surface area (Å²) in [5, 5.41) is 8.62. The first-order valence-corrected chi connectivity index (χ1v) is 12.0. The molecular formula is C20H25AsN4O2. The fraction of sp³-hybridized carbons (Fsp3) is 0.550. The van der Waals surface area contributed by atoms with Crippen LogP contribution in [0.15, 0.2) is 18.2 Å². The number of benzene rings is 1. The maximum atomic E-state index is 12.9. The average molecular weight is 428 g/mol. The van der Waals surface area contributed by atoms with E-state index in [2.05, 4.69) is 21.4 Å². The summed E-state index contributed by atoms with van der Waals surface area (Å²) in [5.41, 5.74) is 1.45. The topological polar surface area (TPSA) is 67.2 Å². The van der Waals surface area contributed by atoms with Crippen molar-refractivity contribution >= 4 is 41.5 Å². The fourth-order valence-electron chi connectivity index (χ4n) is 4.46. The molecule has 1 aromatic heterocycles. The molecule has 2 aromatic rings. The van der Waals surface area contributed by atoms with Gasteiger partial charge in [0.1, 0.15) is 0 Å². The first kappa shape index (κ1) is 17.4. The van der Waals surface area contributed by atoms with E-state index in [4.69, 9.17) is 0 Å². The van der Waals surface area contributed by atoms with Crippen molar-refractivity contribution in [2.45, 2.75) is 31.7 Å². The molecule has 1 aromatic carbocycles. The van der Waals surface area contributed by atoms with E-state index in [-0.39, 0.29) is 11.9 Å². The van der Waals surface area contributed by atoms with E-state index < -0.39 is 15.8 Å². The van der Waals surface area contributed by atoms with Gasteiger partial charge in [-0.2, -0.15) is 0 Å². The molecule has 2 bridgehead atoms. The number of hydrogen-bond acceptors (Lipinski definition) is 4. The van der Waals surface area contributed by atoms with Crippen LogP contribution in [0.1, 0.15) is 36.2 Å². The van der Waals surface area contributed by atoms with E-state index in [9.17, 15) is 9.59 Å². The molecule has 0 radical (unpaired) electrons. The molecule has 2 atom stereocenters. The number of piperidine rings is 3. The number of fused-ring (bicyclic) bond motifs is 4.